The summed E-state index contributed by atoms with van der Waals surface area (Å²) in [7, 11) is 1.83. The van der Waals surface area contributed by atoms with Crippen LogP contribution in [0.25, 0.3) is 0 Å². The molecule has 0 bridgehead atoms. The van der Waals surface area contributed by atoms with Crippen LogP contribution < -0.4 is 10.6 Å². The number of hydrogen-bond acceptors (Lipinski definition) is 3. The monoisotopic (exact) mass is 426 g/mol. The van der Waals surface area contributed by atoms with Gasteiger partial charge in [0.25, 0.3) is 0 Å². The van der Waals surface area contributed by atoms with Crippen molar-refractivity contribution < 1.29 is 4.74 Å². The van der Waals surface area contributed by atoms with Crippen LogP contribution in [0.15, 0.2) is 23.2 Å². The smallest absolute Gasteiger partial charge is 0.191 e. The van der Waals surface area contributed by atoms with E-state index < -0.39 is 0 Å². The molecule has 2 N–H and O–H groups in total. The Hall–Kier alpha value is -1.01. The maximum Gasteiger partial charge on any atom is 0.191 e. The fraction of sp³-hybridized carbons (Fsp3) is 0.667. The summed E-state index contributed by atoms with van der Waals surface area (Å²) in [4.78, 5) is 7.07. The van der Waals surface area contributed by atoms with Crippen LogP contribution in [-0.2, 0) is 11.2 Å². The Labute approximate surface area is 178 Å². The molecule has 1 aromatic carbocycles. The standard InChI is InChI=1S/C21H32Cl2N4O/c1-24-20(25-10-4-5-17-6-7-18(22)15-19(17)23)26-16-21(8-13-28-14-9-21)27-11-2-3-12-27/h6-7,15H,2-5,8-14,16H2,1H3,(H2,24,25,26). The zero-order valence-corrected chi connectivity index (χ0v) is 18.3. The second-order valence-corrected chi connectivity index (χ2v) is 8.57. The van der Waals surface area contributed by atoms with Crippen LogP contribution >= 0.6 is 23.2 Å². The topological polar surface area (TPSA) is 48.9 Å². The van der Waals surface area contributed by atoms with Crippen molar-refractivity contribution >= 4 is 29.2 Å². The first-order valence-corrected chi connectivity index (χ1v) is 11.1. The molecule has 2 aliphatic rings. The zero-order chi connectivity index (χ0) is 19.8. The summed E-state index contributed by atoms with van der Waals surface area (Å²) >= 11 is 12.2. The van der Waals surface area contributed by atoms with E-state index in [9.17, 15) is 0 Å². The molecule has 2 aliphatic heterocycles. The molecule has 3 rings (SSSR count). The first-order chi connectivity index (χ1) is 13.6. The van der Waals surface area contributed by atoms with Gasteiger partial charge in [-0.2, -0.15) is 0 Å². The van der Waals surface area contributed by atoms with Gasteiger partial charge in [-0.3, -0.25) is 9.89 Å². The number of guanidine groups is 1. The highest BCUT2D eigenvalue weighted by molar-refractivity contribution is 6.35. The number of ether oxygens (including phenoxy) is 1. The summed E-state index contributed by atoms with van der Waals surface area (Å²) in [6.45, 7) is 5.88. The van der Waals surface area contributed by atoms with Gasteiger partial charge < -0.3 is 15.4 Å². The zero-order valence-electron chi connectivity index (χ0n) is 16.8. The van der Waals surface area contributed by atoms with E-state index in [0.29, 0.717) is 5.02 Å². The number of aliphatic imine (C=N–C) groups is 1. The van der Waals surface area contributed by atoms with E-state index in [1.807, 2.05) is 19.2 Å². The summed E-state index contributed by atoms with van der Waals surface area (Å²) < 4.78 is 5.64. The molecule has 2 fully saturated rings. The minimum atomic E-state index is 0.198. The Morgan fingerprint density at radius 2 is 1.93 bits per heavy atom. The molecule has 2 heterocycles. The van der Waals surface area contributed by atoms with Gasteiger partial charge in [0.05, 0.1) is 0 Å². The van der Waals surface area contributed by atoms with Crippen LogP contribution in [0, 0.1) is 0 Å². The van der Waals surface area contributed by atoms with Gasteiger partial charge in [-0.25, -0.2) is 0 Å². The molecule has 0 atom stereocenters. The van der Waals surface area contributed by atoms with Gasteiger partial charge in [0.2, 0.25) is 0 Å². The predicted molar refractivity (Wildman–Crippen MR) is 118 cm³/mol. The number of nitrogens with one attached hydrogen (secondary N) is 2. The highest BCUT2D eigenvalue weighted by atomic mass is 35.5. The van der Waals surface area contributed by atoms with E-state index >= 15 is 0 Å². The molecule has 0 saturated carbocycles. The van der Waals surface area contributed by atoms with Crippen molar-refractivity contribution in [3.63, 3.8) is 0 Å². The van der Waals surface area contributed by atoms with Gasteiger partial charge in [0.15, 0.2) is 5.96 Å². The number of nitrogens with zero attached hydrogens (tertiary/aromatic N) is 2. The Kier molecular flexibility index (Phi) is 8.27. The Morgan fingerprint density at radius 3 is 2.61 bits per heavy atom. The summed E-state index contributed by atoms with van der Waals surface area (Å²) in [6.07, 6.45) is 6.69. The molecule has 0 aromatic heterocycles. The molecule has 0 unspecified atom stereocenters. The highest BCUT2D eigenvalue weighted by Gasteiger charge is 2.39. The van der Waals surface area contributed by atoms with Crippen molar-refractivity contribution in [2.75, 3.05) is 46.4 Å². The lowest BCUT2D eigenvalue weighted by Crippen LogP contribution is -2.58. The van der Waals surface area contributed by atoms with Gasteiger partial charge in [-0.05, 0) is 69.3 Å². The second kappa shape index (κ2) is 10.7. The van der Waals surface area contributed by atoms with Crippen LogP contribution in [-0.4, -0.2) is 62.8 Å². The third-order valence-electron chi connectivity index (χ3n) is 5.94. The van der Waals surface area contributed by atoms with Crippen LogP contribution in [0.5, 0.6) is 0 Å². The van der Waals surface area contributed by atoms with Crippen molar-refractivity contribution in [3.8, 4) is 0 Å². The average molecular weight is 427 g/mol. The summed E-state index contributed by atoms with van der Waals surface area (Å²) in [5, 5.41) is 8.43. The molecule has 7 heteroatoms. The van der Waals surface area contributed by atoms with Crippen molar-refractivity contribution in [1.29, 1.82) is 0 Å². The Bertz CT molecular complexity index is 656. The molecular formula is C21H32Cl2N4O. The molecule has 156 valence electrons. The quantitative estimate of drug-likeness (QED) is 0.396. The molecule has 0 aliphatic carbocycles. The molecular weight excluding hydrogens is 395 g/mol. The van der Waals surface area contributed by atoms with Crippen LogP contribution in [0.1, 0.15) is 37.7 Å². The fourth-order valence-corrected chi connectivity index (χ4v) is 4.73. The van der Waals surface area contributed by atoms with Gasteiger partial charge in [-0.15, -0.1) is 0 Å². The molecule has 2 saturated heterocycles. The van der Waals surface area contributed by atoms with Crippen molar-refractivity contribution in [2.24, 2.45) is 4.99 Å². The number of rotatable bonds is 7. The normalized spacial score (nSPS) is 20.3. The van der Waals surface area contributed by atoms with Crippen LogP contribution in [0.4, 0.5) is 0 Å². The van der Waals surface area contributed by atoms with Gasteiger partial charge in [-0.1, -0.05) is 29.3 Å². The Morgan fingerprint density at radius 1 is 1.18 bits per heavy atom. The number of benzene rings is 1. The average Bonchev–Trinajstić information content (AvgIpc) is 3.25. The Balaban J connectivity index is 1.45. The summed E-state index contributed by atoms with van der Waals surface area (Å²) in [5.41, 5.74) is 1.33. The summed E-state index contributed by atoms with van der Waals surface area (Å²) in [5.74, 6) is 0.868. The lowest BCUT2D eigenvalue weighted by Gasteiger charge is -2.45. The maximum absolute atomic E-state index is 6.26. The van der Waals surface area contributed by atoms with Crippen LogP contribution in [0.2, 0.25) is 10.0 Å². The molecule has 1 aromatic rings. The van der Waals surface area contributed by atoms with Crippen LogP contribution in [0.3, 0.4) is 0 Å². The second-order valence-electron chi connectivity index (χ2n) is 7.72. The van der Waals surface area contributed by atoms with E-state index in [2.05, 4.69) is 20.5 Å². The van der Waals surface area contributed by atoms with E-state index in [4.69, 9.17) is 27.9 Å². The largest absolute Gasteiger partial charge is 0.381 e. The maximum atomic E-state index is 6.26. The first-order valence-electron chi connectivity index (χ1n) is 10.3. The number of likely N-dealkylation sites (tertiary alicyclic amines) is 1. The first kappa shape index (κ1) is 21.7. The SMILES string of the molecule is CN=C(NCCCc1ccc(Cl)cc1Cl)NCC1(N2CCCC2)CCOCC1. The van der Waals surface area contributed by atoms with Gasteiger partial charge in [0, 0.05) is 48.9 Å². The molecule has 0 spiro atoms. The van der Waals surface area contributed by atoms with E-state index in [0.717, 1.165) is 68.5 Å². The number of aryl methyl sites for hydroxylation is 1. The fourth-order valence-electron chi connectivity index (χ4n) is 4.23. The van der Waals surface area contributed by atoms with Crippen molar-refractivity contribution in [3.05, 3.63) is 33.8 Å². The third kappa shape index (κ3) is 5.76. The van der Waals surface area contributed by atoms with Crippen molar-refractivity contribution in [1.82, 2.24) is 15.5 Å². The molecule has 28 heavy (non-hydrogen) atoms. The van der Waals surface area contributed by atoms with E-state index in [1.165, 1.54) is 25.9 Å². The predicted octanol–water partition coefficient (Wildman–Crippen LogP) is 3.74. The molecule has 5 nitrogen and oxygen atoms in total. The lowest BCUT2D eigenvalue weighted by molar-refractivity contribution is -0.0164. The molecule has 0 amide bonds. The van der Waals surface area contributed by atoms with Gasteiger partial charge in [0.1, 0.15) is 0 Å². The highest BCUT2D eigenvalue weighted by Crippen LogP contribution is 2.30. The number of hydrogen-bond donors (Lipinski definition) is 2. The van der Waals surface area contributed by atoms with E-state index in [-0.39, 0.29) is 5.54 Å². The van der Waals surface area contributed by atoms with E-state index in [1.54, 1.807) is 6.07 Å². The van der Waals surface area contributed by atoms with Crippen molar-refractivity contribution in [2.45, 2.75) is 44.1 Å². The molecule has 0 radical (unpaired) electrons. The number of halogens is 2. The van der Waals surface area contributed by atoms with Gasteiger partial charge >= 0.3 is 0 Å². The lowest BCUT2D eigenvalue weighted by atomic mass is 9.88. The minimum absolute atomic E-state index is 0.198. The third-order valence-corrected chi connectivity index (χ3v) is 6.53. The summed E-state index contributed by atoms with van der Waals surface area (Å²) in [6, 6.07) is 5.70. The minimum Gasteiger partial charge on any atom is -0.381 e.